The van der Waals surface area contributed by atoms with Gasteiger partial charge in [-0.1, -0.05) is 126 Å². The number of nitrogens with one attached hydrogen (secondary N) is 1. The molecule has 9 rings (SSSR count). The van der Waals surface area contributed by atoms with Gasteiger partial charge in [-0.3, -0.25) is 0 Å². The van der Waals surface area contributed by atoms with Gasteiger partial charge < -0.3 is 24.4 Å². The van der Waals surface area contributed by atoms with E-state index in [4.69, 9.17) is 30.8 Å². The molecule has 6 nitrogen and oxygen atoms in total. The van der Waals surface area contributed by atoms with E-state index in [1.807, 2.05) is 60.7 Å². The molecule has 0 aliphatic carbocycles. The van der Waals surface area contributed by atoms with Crippen molar-refractivity contribution < 1.29 is 14.2 Å². The van der Waals surface area contributed by atoms with Crippen molar-refractivity contribution in [3.05, 3.63) is 219 Å². The highest BCUT2D eigenvalue weighted by Crippen LogP contribution is 2.56. The van der Waals surface area contributed by atoms with Gasteiger partial charge in [-0.25, -0.2) is 4.98 Å². The molecule has 0 fully saturated rings. The average molecular weight is 840 g/mol. The summed E-state index contributed by atoms with van der Waals surface area (Å²) in [5.41, 5.74) is 10.5. The molecule has 1 atom stereocenters. The molecule has 1 aliphatic heterocycles. The summed E-state index contributed by atoms with van der Waals surface area (Å²) in [4.78, 5) is 9.03. The molecule has 1 N–H and O–H groups in total. The molecule has 1 aromatic heterocycles. The first-order valence-corrected chi connectivity index (χ1v) is 21.7. The minimum atomic E-state index is -1.05. The lowest BCUT2D eigenvalue weighted by molar-refractivity contribution is 0.154. The van der Waals surface area contributed by atoms with Gasteiger partial charge in [0.2, 0.25) is 0 Å². The van der Waals surface area contributed by atoms with E-state index < -0.39 is 5.60 Å². The van der Waals surface area contributed by atoms with Gasteiger partial charge >= 0.3 is 0 Å². The minimum Gasteiger partial charge on any atom is -0.490 e. The van der Waals surface area contributed by atoms with Crippen molar-refractivity contribution in [2.45, 2.75) is 39.5 Å². The van der Waals surface area contributed by atoms with Gasteiger partial charge in [-0.05, 0) is 116 Å². The van der Waals surface area contributed by atoms with Gasteiger partial charge in [-0.15, -0.1) is 0 Å². The number of hydrogen-bond donors (Lipinski definition) is 1. The third-order valence-corrected chi connectivity index (χ3v) is 12.4. The van der Waals surface area contributed by atoms with Crippen molar-refractivity contribution in [3.8, 4) is 28.5 Å². The molecule has 304 valence electrons. The van der Waals surface area contributed by atoms with Crippen molar-refractivity contribution in [2.24, 2.45) is 0 Å². The van der Waals surface area contributed by atoms with E-state index in [9.17, 15) is 0 Å². The summed E-state index contributed by atoms with van der Waals surface area (Å²) in [6.45, 7) is 8.65. The van der Waals surface area contributed by atoms with Gasteiger partial charge in [0.25, 0.3) is 0 Å². The van der Waals surface area contributed by atoms with E-state index >= 15 is 0 Å². The maximum Gasteiger partial charge on any atom is 0.196 e. The third-order valence-electron chi connectivity index (χ3n) is 11.0. The Kier molecular flexibility index (Phi) is 11.5. The molecule has 0 bridgehead atoms. The Morgan fingerprint density at radius 3 is 1.85 bits per heavy atom. The molecule has 61 heavy (non-hydrogen) atoms. The second-order valence-corrected chi connectivity index (χ2v) is 16.8. The molecule has 8 aromatic rings. The quantitative estimate of drug-likeness (QED) is 0.110. The lowest BCUT2D eigenvalue weighted by Crippen LogP contribution is -2.39. The van der Waals surface area contributed by atoms with Crippen LogP contribution in [0, 0.1) is 20.8 Å². The van der Waals surface area contributed by atoms with Crippen molar-refractivity contribution in [2.75, 3.05) is 23.4 Å². The lowest BCUT2D eigenvalue weighted by atomic mass is 9.77. The fraction of sp³-hybridized carbons (Fsp3) is 0.151. The number of thiazole rings is 1. The number of aryl methyl sites for hydroxylation is 3. The summed E-state index contributed by atoms with van der Waals surface area (Å²) in [5, 5.41) is 5.19. The van der Waals surface area contributed by atoms with Crippen LogP contribution in [0.3, 0.4) is 0 Å². The van der Waals surface area contributed by atoms with E-state index in [1.165, 1.54) is 11.1 Å². The highest BCUT2D eigenvalue weighted by atomic mass is 35.5. The number of halogens is 1. The molecule has 0 amide bonds. The molecule has 0 saturated carbocycles. The van der Waals surface area contributed by atoms with Gasteiger partial charge in [0.05, 0.1) is 10.6 Å². The zero-order chi connectivity index (χ0) is 41.8. The fourth-order valence-corrected chi connectivity index (χ4v) is 9.45. The van der Waals surface area contributed by atoms with E-state index in [2.05, 4.69) is 140 Å². The second-order valence-electron chi connectivity index (χ2n) is 15.4. The fourth-order valence-electron chi connectivity index (χ4n) is 8.09. The molecular weight excluding hydrogens is 794 g/mol. The number of para-hydroxylation sites is 1. The minimum absolute atomic E-state index is 0.407. The maximum atomic E-state index is 7.58. The Morgan fingerprint density at radius 1 is 0.623 bits per heavy atom. The highest BCUT2D eigenvalue weighted by Gasteiger charge is 2.49. The van der Waals surface area contributed by atoms with E-state index in [1.54, 1.807) is 11.3 Å². The number of hydrogen-bond acceptors (Lipinski definition) is 7. The van der Waals surface area contributed by atoms with Gasteiger partial charge in [0, 0.05) is 46.2 Å². The molecule has 0 saturated heterocycles. The smallest absolute Gasteiger partial charge is 0.196 e. The Hall–Kier alpha value is -6.54. The number of anilines is 3. The zero-order valence-electron chi connectivity index (χ0n) is 34.4. The van der Waals surface area contributed by atoms with Crippen LogP contribution in [0.5, 0.6) is 17.2 Å². The summed E-state index contributed by atoms with van der Waals surface area (Å²) < 4.78 is 19.8. The Balaban J connectivity index is 1.18. The zero-order valence-corrected chi connectivity index (χ0v) is 36.0. The predicted molar refractivity (Wildman–Crippen MR) is 250 cm³/mol. The Morgan fingerprint density at radius 2 is 1.21 bits per heavy atom. The van der Waals surface area contributed by atoms with Crippen LogP contribution >= 0.6 is 22.9 Å². The highest BCUT2D eigenvalue weighted by molar-refractivity contribution is 7.16. The summed E-state index contributed by atoms with van der Waals surface area (Å²) in [6.07, 6.45) is 0. The SMILES string of the molecule is Cc1ccc2c(c1)-c1nc(N(Cc3ccccc3)Cc3ccccc3)sc1C(c1ccc(Nc3ccc(Cl)cc3)cc1C)(c1ccc(OCCOc3ccccc3)cc1C)O2. The maximum absolute atomic E-state index is 7.58. The summed E-state index contributed by atoms with van der Waals surface area (Å²) >= 11 is 7.93. The van der Waals surface area contributed by atoms with Crippen molar-refractivity contribution >= 4 is 39.4 Å². The number of fused-ring (bicyclic) bond motifs is 3. The van der Waals surface area contributed by atoms with Crippen molar-refractivity contribution in [1.82, 2.24) is 4.98 Å². The molecule has 8 heteroatoms. The first-order valence-electron chi connectivity index (χ1n) is 20.5. The summed E-state index contributed by atoms with van der Waals surface area (Å²) in [7, 11) is 0. The average Bonchev–Trinajstić information content (AvgIpc) is 3.74. The summed E-state index contributed by atoms with van der Waals surface area (Å²) in [5.74, 6) is 2.37. The lowest BCUT2D eigenvalue weighted by Gasteiger charge is -2.40. The first kappa shape index (κ1) is 39.9. The molecule has 0 radical (unpaired) electrons. The second kappa shape index (κ2) is 17.6. The molecule has 1 aliphatic rings. The number of aromatic nitrogens is 1. The Bertz CT molecular complexity index is 2720. The van der Waals surface area contributed by atoms with Crippen LogP contribution in [-0.2, 0) is 18.7 Å². The molecule has 0 spiro atoms. The molecule has 2 heterocycles. The monoisotopic (exact) mass is 839 g/mol. The first-order chi connectivity index (χ1) is 29.8. The van der Waals surface area contributed by atoms with E-state index in [0.29, 0.717) is 31.3 Å². The van der Waals surface area contributed by atoms with Crippen molar-refractivity contribution in [1.29, 1.82) is 0 Å². The molecule has 1 unspecified atom stereocenters. The van der Waals surface area contributed by atoms with Crippen LogP contribution in [0.4, 0.5) is 16.5 Å². The summed E-state index contributed by atoms with van der Waals surface area (Å²) in [6, 6.07) is 58.1. The number of benzene rings is 7. The van der Waals surface area contributed by atoms with Crippen LogP contribution in [0.1, 0.15) is 43.8 Å². The van der Waals surface area contributed by atoms with Crippen molar-refractivity contribution in [3.63, 3.8) is 0 Å². The Labute approximate surface area is 367 Å². The topological polar surface area (TPSA) is 55.9 Å². The van der Waals surface area contributed by atoms with Crippen LogP contribution < -0.4 is 24.4 Å². The van der Waals surface area contributed by atoms with Crippen LogP contribution in [0.25, 0.3) is 11.3 Å². The van der Waals surface area contributed by atoms with Gasteiger partial charge in [0.15, 0.2) is 10.7 Å². The standard InChI is InChI=1S/C53H46ClN3O3S/c1-36-19-28-49-46(31-36)50-51(61-52(56-50)57(34-39-13-7-4-8-14-39)35-40-15-9-5-10-16-40)53(60-49,47-26-24-43(32-37(47)2)55-42-22-20-41(54)21-23-42)48-27-25-45(33-38(48)3)59-30-29-58-44-17-11-6-12-18-44/h4-28,31-33,55H,29-30,34-35H2,1-3H3. The van der Waals surface area contributed by atoms with Crippen LogP contribution in [0.2, 0.25) is 5.02 Å². The number of ether oxygens (including phenoxy) is 3. The van der Waals surface area contributed by atoms with Crippen LogP contribution in [-0.4, -0.2) is 18.2 Å². The van der Waals surface area contributed by atoms with Crippen LogP contribution in [0.15, 0.2) is 170 Å². The predicted octanol–water partition coefficient (Wildman–Crippen LogP) is 13.5. The number of nitrogens with zero attached hydrogens (tertiary/aromatic N) is 2. The van der Waals surface area contributed by atoms with Gasteiger partial charge in [0.1, 0.15) is 30.5 Å². The molecular formula is C53H46ClN3O3S. The van der Waals surface area contributed by atoms with E-state index in [-0.39, 0.29) is 0 Å². The molecule has 7 aromatic carbocycles. The van der Waals surface area contributed by atoms with Gasteiger partial charge in [-0.2, -0.15) is 0 Å². The number of rotatable bonds is 14. The van der Waals surface area contributed by atoms with E-state index in [0.717, 1.165) is 77.7 Å². The largest absolute Gasteiger partial charge is 0.490 e. The third kappa shape index (κ3) is 8.58. The normalized spacial score (nSPS) is 14.0.